The molecule has 0 aliphatic carbocycles. The Balaban J connectivity index is 1.05. The average molecular weight is 669 g/mol. The van der Waals surface area contributed by atoms with Gasteiger partial charge in [0.25, 0.3) is 0 Å². The third-order valence-corrected chi connectivity index (χ3v) is 10.7. The van der Waals surface area contributed by atoms with E-state index in [-0.39, 0.29) is 30.1 Å². The Morgan fingerprint density at radius 3 is 2.44 bits per heavy atom. The van der Waals surface area contributed by atoms with Crippen molar-refractivity contribution in [3.05, 3.63) is 69.2 Å². The van der Waals surface area contributed by atoms with Gasteiger partial charge in [0.05, 0.1) is 33.5 Å². The van der Waals surface area contributed by atoms with Crippen molar-refractivity contribution in [1.29, 1.82) is 0 Å². The minimum absolute atomic E-state index is 0.0910. The molecule has 2 aromatic carbocycles. The number of H-pyrrole nitrogens is 1. The van der Waals surface area contributed by atoms with Crippen LogP contribution in [0.25, 0.3) is 21.9 Å². The summed E-state index contributed by atoms with van der Waals surface area (Å²) < 4.78 is 1.77. The summed E-state index contributed by atoms with van der Waals surface area (Å²) in [6.45, 7) is 4.44. The molecule has 11 nitrogen and oxygen atoms in total. The minimum atomic E-state index is -0.806. The summed E-state index contributed by atoms with van der Waals surface area (Å²) in [6, 6.07) is 10.5. The first-order valence-electron chi connectivity index (χ1n) is 16.9. The van der Waals surface area contributed by atoms with E-state index in [2.05, 4.69) is 26.1 Å². The van der Waals surface area contributed by atoms with Crippen molar-refractivity contribution in [3.8, 4) is 12.3 Å². The van der Waals surface area contributed by atoms with Crippen LogP contribution in [0.5, 0.6) is 0 Å². The van der Waals surface area contributed by atoms with E-state index in [9.17, 15) is 14.4 Å². The number of urea groups is 1. The standard InChI is InChI=1S/C36H41ClN8O3/c1-2-24-19-23(20-28(37)32(24)38)21-30(34(46)43-15-9-25(10-16-43)42-13-5-6-14-42)40-35(47)44-17-11-26(12-18-44)45-31-22-39-29-8-4-3-7-27(29)33(31)41-36(45)48/h1,3-4,7-8,19-20,22,25-26,30H,5-6,9-18,21,38H2,(H,40,47)(H,41,48)/t30-/m1/s1. The van der Waals surface area contributed by atoms with Gasteiger partial charge in [0, 0.05) is 55.6 Å². The van der Waals surface area contributed by atoms with Crippen LogP contribution in [0, 0.1) is 12.3 Å². The van der Waals surface area contributed by atoms with Crippen LogP contribution in [0.2, 0.25) is 5.02 Å². The molecule has 0 saturated carbocycles. The molecule has 4 aromatic rings. The number of benzene rings is 2. The number of likely N-dealkylation sites (tertiary alicyclic amines) is 3. The number of imidazole rings is 1. The number of aromatic amines is 1. The van der Waals surface area contributed by atoms with Gasteiger partial charge < -0.3 is 30.7 Å². The fraction of sp³-hybridized carbons (Fsp3) is 0.444. The number of para-hydroxylation sites is 1. The van der Waals surface area contributed by atoms with Crippen LogP contribution >= 0.6 is 11.6 Å². The monoisotopic (exact) mass is 668 g/mol. The Labute approximate surface area is 284 Å². The number of nitrogens with one attached hydrogen (secondary N) is 2. The van der Waals surface area contributed by atoms with Crippen LogP contribution in [0.15, 0.2) is 47.4 Å². The molecule has 0 radical (unpaired) electrons. The number of amides is 3. The van der Waals surface area contributed by atoms with Crippen LogP contribution in [-0.2, 0) is 11.2 Å². The zero-order chi connectivity index (χ0) is 33.4. The summed E-state index contributed by atoms with van der Waals surface area (Å²) in [6.07, 6.45) is 13.2. The first kappa shape index (κ1) is 32.0. The van der Waals surface area contributed by atoms with Gasteiger partial charge in [-0.05, 0) is 75.4 Å². The van der Waals surface area contributed by atoms with Crippen molar-refractivity contribution >= 4 is 51.2 Å². The zero-order valence-electron chi connectivity index (χ0n) is 27.0. The molecular weight excluding hydrogens is 628 g/mol. The molecule has 1 atom stereocenters. The second-order valence-electron chi connectivity index (χ2n) is 13.2. The van der Waals surface area contributed by atoms with Gasteiger partial charge in [-0.2, -0.15) is 0 Å². The number of carbonyl (C=O) groups is 2. The van der Waals surface area contributed by atoms with Crippen LogP contribution in [-0.4, -0.2) is 92.5 Å². The van der Waals surface area contributed by atoms with Gasteiger partial charge in [-0.15, -0.1) is 6.42 Å². The van der Waals surface area contributed by atoms with Crippen molar-refractivity contribution < 1.29 is 9.59 Å². The Morgan fingerprint density at radius 2 is 1.71 bits per heavy atom. The first-order valence-corrected chi connectivity index (χ1v) is 17.3. The van der Waals surface area contributed by atoms with Gasteiger partial charge in [0.2, 0.25) is 5.91 Å². The summed E-state index contributed by atoms with van der Waals surface area (Å²) in [5, 5.41) is 4.28. The number of fused-ring (bicyclic) bond motifs is 3. The normalized spacial score (nSPS) is 18.8. The van der Waals surface area contributed by atoms with E-state index >= 15 is 0 Å². The Hall–Kier alpha value is -4.53. The molecule has 0 bridgehead atoms. The van der Waals surface area contributed by atoms with Gasteiger partial charge in [-0.1, -0.05) is 35.7 Å². The predicted molar refractivity (Wildman–Crippen MR) is 188 cm³/mol. The molecule has 2 aromatic heterocycles. The van der Waals surface area contributed by atoms with Crippen molar-refractivity contribution in [1.82, 2.24) is 34.6 Å². The van der Waals surface area contributed by atoms with Gasteiger partial charge in [0.1, 0.15) is 6.04 Å². The predicted octanol–water partition coefficient (Wildman–Crippen LogP) is 4.14. The number of nitrogens with two attached hydrogens (primary N) is 1. The third kappa shape index (κ3) is 6.22. The van der Waals surface area contributed by atoms with Crippen molar-refractivity contribution in [2.24, 2.45) is 0 Å². The summed E-state index contributed by atoms with van der Waals surface area (Å²) in [5.74, 6) is 2.46. The van der Waals surface area contributed by atoms with E-state index in [1.165, 1.54) is 12.8 Å². The van der Waals surface area contributed by atoms with E-state index in [0.29, 0.717) is 61.3 Å². The number of hydrogen-bond acceptors (Lipinski definition) is 6. The first-order chi connectivity index (χ1) is 23.3. The van der Waals surface area contributed by atoms with Gasteiger partial charge in [-0.25, -0.2) is 9.59 Å². The fourth-order valence-corrected chi connectivity index (χ4v) is 8.02. The number of anilines is 1. The largest absolute Gasteiger partial charge is 0.397 e. The number of rotatable bonds is 6. The highest BCUT2D eigenvalue weighted by atomic mass is 35.5. The second kappa shape index (κ2) is 13.5. The maximum atomic E-state index is 14.1. The quantitative estimate of drug-likeness (QED) is 0.209. The molecule has 12 heteroatoms. The average Bonchev–Trinajstić information content (AvgIpc) is 3.77. The molecule has 4 N–H and O–H groups in total. The molecule has 3 aliphatic rings. The molecule has 5 heterocycles. The summed E-state index contributed by atoms with van der Waals surface area (Å²) in [4.78, 5) is 54.7. The lowest BCUT2D eigenvalue weighted by atomic mass is 9.99. The van der Waals surface area contributed by atoms with E-state index in [4.69, 9.17) is 23.8 Å². The van der Waals surface area contributed by atoms with Crippen LogP contribution in [0.3, 0.4) is 0 Å². The number of nitrogen functional groups attached to an aromatic ring is 1. The number of aromatic nitrogens is 3. The summed E-state index contributed by atoms with van der Waals surface area (Å²) >= 11 is 6.40. The maximum absolute atomic E-state index is 14.1. The molecule has 7 rings (SSSR count). The number of piperidine rings is 2. The minimum Gasteiger partial charge on any atom is -0.397 e. The zero-order valence-corrected chi connectivity index (χ0v) is 27.7. The van der Waals surface area contributed by atoms with Gasteiger partial charge in [-0.3, -0.25) is 14.3 Å². The van der Waals surface area contributed by atoms with Crippen molar-refractivity contribution in [3.63, 3.8) is 0 Å². The van der Waals surface area contributed by atoms with Crippen LogP contribution < -0.4 is 16.7 Å². The number of hydrogen-bond donors (Lipinski definition) is 3. The number of nitrogens with zero attached hydrogens (tertiary/aromatic N) is 5. The van der Waals surface area contributed by atoms with Crippen LogP contribution in [0.4, 0.5) is 10.5 Å². The molecule has 3 aliphatic heterocycles. The lowest BCUT2D eigenvalue weighted by molar-refractivity contribution is -0.134. The summed E-state index contributed by atoms with van der Waals surface area (Å²) in [5.41, 5.74) is 9.74. The molecule has 3 fully saturated rings. The second-order valence-corrected chi connectivity index (χ2v) is 13.7. The Bertz CT molecular complexity index is 1940. The van der Waals surface area contributed by atoms with Crippen LogP contribution in [0.1, 0.15) is 55.7 Å². The van der Waals surface area contributed by atoms with Crippen molar-refractivity contribution in [2.45, 2.75) is 63.1 Å². The Kier molecular flexibility index (Phi) is 9.03. The number of halogens is 1. The maximum Gasteiger partial charge on any atom is 0.326 e. The number of terminal acetylenes is 1. The molecule has 48 heavy (non-hydrogen) atoms. The summed E-state index contributed by atoms with van der Waals surface area (Å²) in [7, 11) is 0. The fourth-order valence-electron chi connectivity index (χ4n) is 7.78. The molecule has 3 amide bonds. The smallest absolute Gasteiger partial charge is 0.326 e. The molecular formula is C36H41ClN8O3. The Morgan fingerprint density at radius 1 is 1.02 bits per heavy atom. The number of carbonyl (C=O) groups excluding carboxylic acids is 2. The van der Waals surface area contributed by atoms with E-state index < -0.39 is 6.04 Å². The SMILES string of the molecule is C#Cc1cc(C[C@@H](NC(=O)N2CCC(n3c(=O)[nH]c4c5ccccc5ncc43)CC2)C(=O)N2CCC(N3CCCC3)CC2)cc(Cl)c1N. The van der Waals surface area contributed by atoms with E-state index in [0.717, 1.165) is 53.4 Å². The third-order valence-electron chi connectivity index (χ3n) is 10.4. The number of pyridine rings is 1. The van der Waals surface area contributed by atoms with E-state index in [1.54, 1.807) is 27.8 Å². The highest BCUT2D eigenvalue weighted by Gasteiger charge is 2.34. The van der Waals surface area contributed by atoms with E-state index in [1.807, 2.05) is 29.2 Å². The molecule has 0 unspecified atom stereocenters. The topological polar surface area (TPSA) is 133 Å². The lowest BCUT2D eigenvalue weighted by Crippen LogP contribution is -2.56. The lowest BCUT2D eigenvalue weighted by Gasteiger charge is -2.38. The highest BCUT2D eigenvalue weighted by molar-refractivity contribution is 6.33. The molecule has 250 valence electrons. The van der Waals surface area contributed by atoms with Gasteiger partial charge >= 0.3 is 11.7 Å². The van der Waals surface area contributed by atoms with Crippen molar-refractivity contribution in [2.75, 3.05) is 45.0 Å². The molecule has 3 saturated heterocycles. The van der Waals surface area contributed by atoms with Gasteiger partial charge in [0.15, 0.2) is 0 Å². The highest BCUT2D eigenvalue weighted by Crippen LogP contribution is 2.29. The molecule has 0 spiro atoms.